The van der Waals surface area contributed by atoms with Crippen molar-refractivity contribution in [1.29, 1.82) is 0 Å². The van der Waals surface area contributed by atoms with Gasteiger partial charge >= 0.3 is 19.3 Å². The van der Waals surface area contributed by atoms with Gasteiger partial charge in [-0.3, -0.25) is 0 Å². The van der Waals surface area contributed by atoms with Gasteiger partial charge in [0.05, 0.1) is 18.2 Å². The van der Waals surface area contributed by atoms with Crippen molar-refractivity contribution in [2.24, 2.45) is 0 Å². The first-order valence-corrected chi connectivity index (χ1v) is 11.1. The number of hydrogen-bond acceptors (Lipinski definition) is 6. The van der Waals surface area contributed by atoms with Gasteiger partial charge in [-0.25, -0.2) is 19.4 Å². The lowest BCUT2D eigenvalue weighted by molar-refractivity contribution is 0.105. The van der Waals surface area contributed by atoms with Gasteiger partial charge in [-0.05, 0) is 24.6 Å². The van der Waals surface area contributed by atoms with E-state index in [1.807, 2.05) is 43.3 Å². The molecule has 0 spiro atoms. The number of ether oxygens (including phenoxy) is 2. The molecule has 1 amide bonds. The number of benzene rings is 2. The second-order valence-corrected chi connectivity index (χ2v) is 9.09. The summed E-state index contributed by atoms with van der Waals surface area (Å²) < 4.78 is 10.3. The summed E-state index contributed by atoms with van der Waals surface area (Å²) in [4.78, 5) is 45.2. The van der Waals surface area contributed by atoms with Crippen molar-refractivity contribution < 1.29 is 28.8 Å². The molecule has 0 aliphatic rings. The molecule has 0 heterocycles. The summed E-state index contributed by atoms with van der Waals surface area (Å²) in [5.74, 6) is 0. The van der Waals surface area contributed by atoms with Crippen LogP contribution in [-0.4, -0.2) is 47.3 Å². The largest absolute Gasteiger partial charge is 0.445 e. The highest BCUT2D eigenvalue weighted by Crippen LogP contribution is 2.53. The Balaban J connectivity index is 1.89. The Bertz CT molecular complexity index is 812. The van der Waals surface area contributed by atoms with Crippen LogP contribution in [-0.2, 0) is 16.1 Å². The Morgan fingerprint density at radius 3 is 2.48 bits per heavy atom. The van der Waals surface area contributed by atoms with E-state index in [9.17, 15) is 19.4 Å². The number of amides is 1. The molecule has 0 bridgehead atoms. The zero-order valence-electron chi connectivity index (χ0n) is 16.6. The molecule has 1 atom stereocenters. The van der Waals surface area contributed by atoms with Crippen LogP contribution in [0, 0.1) is 6.92 Å². The second-order valence-electron chi connectivity index (χ2n) is 6.78. The Morgan fingerprint density at radius 2 is 1.83 bits per heavy atom. The topological polar surface area (TPSA) is 105 Å². The van der Waals surface area contributed by atoms with E-state index in [1.54, 1.807) is 18.2 Å². The summed E-state index contributed by atoms with van der Waals surface area (Å²) in [6.07, 6.45) is -0.639. The minimum atomic E-state index is -3.85. The highest BCUT2D eigenvalue weighted by atomic mass is 31.2. The molecule has 0 saturated carbocycles. The molecular formula is C21H27NO6P+. The highest BCUT2D eigenvalue weighted by molar-refractivity contribution is 7.81. The van der Waals surface area contributed by atoms with E-state index in [1.165, 1.54) is 7.11 Å². The maximum absolute atomic E-state index is 12.5. The Labute approximate surface area is 171 Å². The monoisotopic (exact) mass is 420 g/mol. The third-order valence-corrected chi connectivity index (χ3v) is 6.07. The number of aryl methyl sites for hydroxylation is 1. The zero-order chi connectivity index (χ0) is 21.3. The quantitative estimate of drug-likeness (QED) is 0.510. The molecule has 0 aliphatic carbocycles. The van der Waals surface area contributed by atoms with Crippen molar-refractivity contribution in [3.8, 4) is 0 Å². The summed E-state index contributed by atoms with van der Waals surface area (Å²) in [6, 6.07) is 15.4. The van der Waals surface area contributed by atoms with Crippen LogP contribution in [0.2, 0.25) is 0 Å². The SMILES string of the molecule is COCC(CC[P+](O)(O)C(=O)c1cccc(C)c1)NC(=O)OCc1ccccc1. The lowest BCUT2D eigenvalue weighted by Crippen LogP contribution is -2.39. The van der Waals surface area contributed by atoms with Crippen molar-refractivity contribution in [2.45, 2.75) is 26.0 Å². The number of methoxy groups -OCH3 is 1. The Kier molecular flexibility index (Phi) is 8.73. The van der Waals surface area contributed by atoms with Gasteiger partial charge in [0.15, 0.2) is 0 Å². The summed E-state index contributed by atoms with van der Waals surface area (Å²) in [5, 5.41) is 2.65. The van der Waals surface area contributed by atoms with E-state index in [2.05, 4.69) is 5.32 Å². The number of nitrogens with one attached hydrogen (secondary N) is 1. The smallest absolute Gasteiger partial charge is 0.407 e. The first-order chi connectivity index (χ1) is 13.8. The zero-order valence-corrected chi connectivity index (χ0v) is 17.5. The molecule has 3 N–H and O–H groups in total. The Hall–Kier alpha value is -2.31. The van der Waals surface area contributed by atoms with Crippen LogP contribution < -0.4 is 5.32 Å². The van der Waals surface area contributed by atoms with Crippen molar-refractivity contribution in [3.63, 3.8) is 0 Å². The average Bonchev–Trinajstić information content (AvgIpc) is 2.71. The van der Waals surface area contributed by atoms with Gasteiger partial charge in [0, 0.05) is 13.5 Å². The summed E-state index contributed by atoms with van der Waals surface area (Å²) >= 11 is 0. The fourth-order valence-electron chi connectivity index (χ4n) is 2.75. The highest BCUT2D eigenvalue weighted by Gasteiger charge is 2.44. The van der Waals surface area contributed by atoms with Gasteiger partial charge in [0.25, 0.3) is 0 Å². The molecule has 8 heteroatoms. The van der Waals surface area contributed by atoms with Crippen molar-refractivity contribution in [2.75, 3.05) is 19.9 Å². The molecule has 2 aromatic carbocycles. The number of hydrogen-bond donors (Lipinski definition) is 3. The van der Waals surface area contributed by atoms with Gasteiger partial charge in [-0.1, -0.05) is 48.0 Å². The fraction of sp³-hybridized carbons (Fsp3) is 0.333. The van der Waals surface area contributed by atoms with Gasteiger partial charge in [0.2, 0.25) is 0 Å². The third kappa shape index (κ3) is 7.55. The molecule has 0 aliphatic heterocycles. The molecule has 7 nitrogen and oxygen atoms in total. The molecule has 0 aromatic heterocycles. The van der Waals surface area contributed by atoms with E-state index in [0.29, 0.717) is 0 Å². The van der Waals surface area contributed by atoms with Crippen LogP contribution in [0.3, 0.4) is 0 Å². The number of rotatable bonds is 10. The average molecular weight is 420 g/mol. The first kappa shape index (κ1) is 23.0. The van der Waals surface area contributed by atoms with Crippen molar-refractivity contribution in [1.82, 2.24) is 5.32 Å². The summed E-state index contributed by atoms with van der Waals surface area (Å²) in [7, 11) is -2.37. The predicted octanol–water partition coefficient (Wildman–Crippen LogP) is 3.30. The van der Waals surface area contributed by atoms with Gasteiger partial charge in [-0.2, -0.15) is 0 Å². The van der Waals surface area contributed by atoms with Crippen molar-refractivity contribution in [3.05, 3.63) is 71.3 Å². The first-order valence-electron chi connectivity index (χ1n) is 9.23. The maximum Gasteiger partial charge on any atom is 0.407 e. The van der Waals surface area contributed by atoms with E-state index in [4.69, 9.17) is 9.47 Å². The van der Waals surface area contributed by atoms with Gasteiger partial charge < -0.3 is 14.8 Å². The fourth-order valence-corrected chi connectivity index (χ4v) is 4.18. The van der Waals surface area contributed by atoms with Crippen molar-refractivity contribution >= 4 is 19.3 Å². The predicted molar refractivity (Wildman–Crippen MR) is 112 cm³/mol. The lowest BCUT2D eigenvalue weighted by Gasteiger charge is -2.19. The van der Waals surface area contributed by atoms with E-state index in [-0.39, 0.29) is 31.4 Å². The van der Waals surface area contributed by atoms with Crippen LogP contribution in [0.25, 0.3) is 0 Å². The molecule has 0 radical (unpaired) electrons. The molecule has 1 unspecified atom stereocenters. The molecular weight excluding hydrogens is 393 g/mol. The number of carbonyl (C=O) groups excluding carboxylic acids is 2. The third-order valence-electron chi connectivity index (χ3n) is 4.28. The number of alkyl carbamates (subject to hydrolysis) is 1. The molecule has 29 heavy (non-hydrogen) atoms. The Morgan fingerprint density at radius 1 is 1.10 bits per heavy atom. The van der Waals surface area contributed by atoms with E-state index in [0.717, 1.165) is 11.1 Å². The van der Waals surface area contributed by atoms with Gasteiger partial charge in [0.1, 0.15) is 12.8 Å². The van der Waals surface area contributed by atoms with Gasteiger partial charge in [-0.15, -0.1) is 0 Å². The standard InChI is InChI=1S/C21H26NO6P/c1-16-7-6-10-18(13-16)20(23)29(25,26)12-11-19(15-27-2)22-21(24)28-14-17-8-4-3-5-9-17/h3-10,13,19,25-26H,11-12,14-15H2,1-2H3/p+1. The molecule has 2 aromatic rings. The van der Waals surface area contributed by atoms with Crippen LogP contribution in [0.5, 0.6) is 0 Å². The van der Waals surface area contributed by atoms with Crippen LogP contribution in [0.4, 0.5) is 4.79 Å². The normalized spacial score (nSPS) is 12.3. The summed E-state index contributed by atoms with van der Waals surface area (Å²) in [5.41, 5.74) is 1.30. The van der Waals surface area contributed by atoms with Crippen LogP contribution >= 0.6 is 7.72 Å². The van der Waals surface area contributed by atoms with E-state index < -0.39 is 25.4 Å². The molecule has 0 fully saturated rings. The molecule has 156 valence electrons. The minimum absolute atomic E-state index is 0.120. The summed E-state index contributed by atoms with van der Waals surface area (Å²) in [6.45, 7) is 2.10. The maximum atomic E-state index is 12.5. The van der Waals surface area contributed by atoms with Crippen LogP contribution in [0.15, 0.2) is 54.6 Å². The van der Waals surface area contributed by atoms with Crippen LogP contribution in [0.1, 0.15) is 27.9 Å². The molecule has 2 rings (SSSR count). The second kappa shape index (κ2) is 11.0. The lowest BCUT2D eigenvalue weighted by atomic mass is 10.2. The van der Waals surface area contributed by atoms with E-state index >= 15 is 0 Å². The number of carbonyl (C=O) groups is 2. The minimum Gasteiger partial charge on any atom is -0.445 e. The molecule has 0 saturated heterocycles.